The SMILES string of the molecule is C.NCCc1cccc(F)c1.O=C(O)c1cc(F)c(Cl)nc1Cl.O=C(O)c1cc(F)c(Cl)nc1NCCc1cccc(F)c1. The molecular weight excluding hydrogens is 651 g/mol. The molecule has 0 unspecified atom stereocenters. The zero-order valence-corrected chi connectivity index (χ0v) is 24.2. The summed E-state index contributed by atoms with van der Waals surface area (Å²) in [6.45, 7) is 0.877. The smallest absolute Gasteiger partial charge is 0.339 e. The number of carbonyl (C=O) groups is 2. The van der Waals surface area contributed by atoms with Gasteiger partial charge < -0.3 is 21.3 Å². The van der Waals surface area contributed by atoms with Crippen molar-refractivity contribution < 1.29 is 37.4 Å². The van der Waals surface area contributed by atoms with E-state index in [0.717, 1.165) is 29.7 Å². The molecule has 44 heavy (non-hydrogen) atoms. The molecule has 5 N–H and O–H groups in total. The first-order valence-electron chi connectivity index (χ1n) is 12.1. The van der Waals surface area contributed by atoms with Gasteiger partial charge in [0.1, 0.15) is 28.2 Å². The molecule has 0 aliphatic rings. The summed E-state index contributed by atoms with van der Waals surface area (Å²) in [4.78, 5) is 28.3. The van der Waals surface area contributed by atoms with Gasteiger partial charge in [0.15, 0.2) is 21.9 Å². The molecule has 2 aromatic carbocycles. The van der Waals surface area contributed by atoms with Crippen LogP contribution in [0.5, 0.6) is 0 Å². The number of anilines is 1. The van der Waals surface area contributed by atoms with Crippen molar-refractivity contribution in [1.82, 2.24) is 9.97 Å². The number of rotatable bonds is 8. The topological polar surface area (TPSA) is 138 Å². The Labute approximate surface area is 265 Å². The van der Waals surface area contributed by atoms with Crippen molar-refractivity contribution >= 4 is 52.6 Å². The van der Waals surface area contributed by atoms with E-state index in [9.17, 15) is 27.2 Å². The monoisotopic (exact) mass is 676 g/mol. The Morgan fingerprint density at radius 2 is 1.20 bits per heavy atom. The molecule has 0 amide bonds. The van der Waals surface area contributed by atoms with E-state index in [0.29, 0.717) is 19.5 Å². The Bertz CT molecular complexity index is 1580. The molecule has 4 aromatic rings. The summed E-state index contributed by atoms with van der Waals surface area (Å²) in [5.41, 5.74) is 6.28. The van der Waals surface area contributed by atoms with Gasteiger partial charge in [-0.3, -0.25) is 0 Å². The highest BCUT2D eigenvalue weighted by molar-refractivity contribution is 6.34. The summed E-state index contributed by atoms with van der Waals surface area (Å²) < 4.78 is 51.3. The predicted octanol–water partition coefficient (Wildman–Crippen LogP) is 7.55. The number of pyridine rings is 2. The van der Waals surface area contributed by atoms with Crippen molar-refractivity contribution in [2.45, 2.75) is 20.3 Å². The first-order valence-corrected chi connectivity index (χ1v) is 13.2. The molecule has 2 aromatic heterocycles. The van der Waals surface area contributed by atoms with Crippen molar-refractivity contribution in [2.75, 3.05) is 18.4 Å². The number of aromatic carboxylic acids is 2. The number of nitrogens with one attached hydrogen (secondary N) is 1. The third-order valence-corrected chi connectivity index (χ3v) is 6.02. The predicted molar refractivity (Wildman–Crippen MR) is 162 cm³/mol. The largest absolute Gasteiger partial charge is 0.478 e. The summed E-state index contributed by atoms with van der Waals surface area (Å²) in [6, 6.07) is 14.1. The molecule has 0 fully saturated rings. The lowest BCUT2D eigenvalue weighted by atomic mass is 10.1. The first kappa shape index (κ1) is 38.1. The lowest BCUT2D eigenvalue weighted by molar-refractivity contribution is 0.0685. The molecule has 2 heterocycles. The van der Waals surface area contributed by atoms with Gasteiger partial charge in [0.05, 0.1) is 5.56 Å². The first-order chi connectivity index (χ1) is 20.3. The van der Waals surface area contributed by atoms with Crippen LogP contribution in [0.25, 0.3) is 0 Å². The maximum absolute atomic E-state index is 13.2. The second-order valence-electron chi connectivity index (χ2n) is 8.34. The lowest BCUT2D eigenvalue weighted by Gasteiger charge is -2.09. The van der Waals surface area contributed by atoms with E-state index in [2.05, 4.69) is 15.3 Å². The molecule has 15 heteroatoms. The minimum absolute atomic E-state index is 0. The highest BCUT2D eigenvalue weighted by Gasteiger charge is 2.16. The second kappa shape index (κ2) is 18.6. The van der Waals surface area contributed by atoms with Gasteiger partial charge in [0.2, 0.25) is 0 Å². The van der Waals surface area contributed by atoms with E-state index in [4.69, 9.17) is 50.7 Å². The van der Waals surface area contributed by atoms with Gasteiger partial charge in [-0.25, -0.2) is 37.1 Å². The van der Waals surface area contributed by atoms with Gasteiger partial charge in [-0.05, 0) is 66.9 Å². The normalized spacial score (nSPS) is 9.91. The van der Waals surface area contributed by atoms with Crippen LogP contribution >= 0.6 is 34.8 Å². The average molecular weight is 678 g/mol. The third-order valence-electron chi connectivity index (χ3n) is 5.20. The number of benzene rings is 2. The molecule has 0 saturated heterocycles. The van der Waals surface area contributed by atoms with Gasteiger partial charge in [-0.1, -0.05) is 66.5 Å². The van der Waals surface area contributed by atoms with Crippen LogP contribution in [0, 0.1) is 23.3 Å². The number of nitrogens with zero attached hydrogens (tertiary/aromatic N) is 2. The summed E-state index contributed by atoms with van der Waals surface area (Å²) in [6.07, 6.45) is 1.20. The van der Waals surface area contributed by atoms with Crippen LogP contribution in [-0.2, 0) is 12.8 Å². The number of carboxylic acid groups (broad SMARTS) is 2. The van der Waals surface area contributed by atoms with Gasteiger partial charge in [-0.15, -0.1) is 0 Å². The molecule has 4 rings (SSSR count). The molecule has 236 valence electrons. The maximum atomic E-state index is 13.2. The standard InChI is InChI=1S/C14H11ClF2N2O2.C8H10FN.C6H2Cl2FNO2.CH4/c15-12-11(17)7-10(14(20)21)13(19-12)18-5-4-8-2-1-3-9(16)6-8;9-8-3-1-2-7(6-8)4-5-10;7-4-2(6(11)12)1-3(9)5(8)10-4;/h1-3,6-7H,4-5H2,(H,18,19)(H,20,21);1-3,6H,4-5,10H2;1H,(H,11,12);1H4. The summed E-state index contributed by atoms with van der Waals surface area (Å²) >= 11 is 16.1. The van der Waals surface area contributed by atoms with E-state index >= 15 is 0 Å². The molecule has 0 aliphatic heterocycles. The Balaban J connectivity index is 0.000000358. The number of nitrogens with two attached hydrogens (primary N) is 1. The number of halogens is 7. The lowest BCUT2D eigenvalue weighted by Crippen LogP contribution is -2.12. The minimum Gasteiger partial charge on any atom is -0.478 e. The zero-order valence-electron chi connectivity index (χ0n) is 21.9. The molecule has 0 bridgehead atoms. The van der Waals surface area contributed by atoms with Crippen LogP contribution in [0.15, 0.2) is 60.7 Å². The van der Waals surface area contributed by atoms with Gasteiger partial charge in [-0.2, -0.15) is 0 Å². The molecule has 0 saturated carbocycles. The van der Waals surface area contributed by atoms with E-state index < -0.39 is 39.4 Å². The van der Waals surface area contributed by atoms with E-state index in [1.165, 1.54) is 24.3 Å². The number of carboxylic acids is 2. The Kier molecular flexibility index (Phi) is 16.1. The molecule has 0 radical (unpaired) electrons. The fourth-order valence-corrected chi connectivity index (χ4v) is 3.78. The van der Waals surface area contributed by atoms with Crippen LogP contribution in [0.3, 0.4) is 0 Å². The Morgan fingerprint density at radius 1 is 0.727 bits per heavy atom. The van der Waals surface area contributed by atoms with Crippen molar-refractivity contribution in [1.29, 1.82) is 0 Å². The Hall–Kier alpha value is -3.97. The fourth-order valence-electron chi connectivity index (χ4n) is 3.24. The number of aromatic nitrogens is 2. The summed E-state index contributed by atoms with van der Waals surface area (Å²) in [7, 11) is 0. The van der Waals surface area contributed by atoms with Crippen molar-refractivity contribution in [2.24, 2.45) is 5.73 Å². The summed E-state index contributed by atoms with van der Waals surface area (Å²) in [5, 5.41) is 19.0. The van der Waals surface area contributed by atoms with Crippen molar-refractivity contribution in [3.05, 3.63) is 122 Å². The summed E-state index contributed by atoms with van der Waals surface area (Å²) in [5.74, 6) is -5.02. The molecular formula is C29H27Cl3F4N4O4. The van der Waals surface area contributed by atoms with Gasteiger partial charge >= 0.3 is 11.9 Å². The van der Waals surface area contributed by atoms with Gasteiger partial charge in [0.25, 0.3) is 0 Å². The highest BCUT2D eigenvalue weighted by atomic mass is 35.5. The van der Waals surface area contributed by atoms with Crippen LogP contribution in [-0.4, -0.2) is 45.2 Å². The van der Waals surface area contributed by atoms with Crippen LogP contribution in [0.2, 0.25) is 15.5 Å². The number of hydrogen-bond acceptors (Lipinski definition) is 6. The fraction of sp³-hybridized carbons (Fsp3) is 0.172. The zero-order chi connectivity index (χ0) is 32.1. The van der Waals surface area contributed by atoms with Crippen molar-refractivity contribution in [3.63, 3.8) is 0 Å². The van der Waals surface area contributed by atoms with Crippen molar-refractivity contribution in [3.8, 4) is 0 Å². The number of hydrogen-bond donors (Lipinski definition) is 4. The van der Waals surface area contributed by atoms with Crippen LogP contribution < -0.4 is 11.1 Å². The molecule has 0 spiro atoms. The van der Waals surface area contributed by atoms with Gasteiger partial charge in [0, 0.05) is 6.54 Å². The average Bonchev–Trinajstić information content (AvgIpc) is 2.93. The quantitative estimate of drug-likeness (QED) is 0.111. The third kappa shape index (κ3) is 12.3. The second-order valence-corrected chi connectivity index (χ2v) is 9.42. The Morgan fingerprint density at radius 3 is 1.68 bits per heavy atom. The molecule has 0 atom stereocenters. The molecule has 8 nitrogen and oxygen atoms in total. The van der Waals surface area contributed by atoms with E-state index in [1.807, 2.05) is 6.07 Å². The highest BCUT2D eigenvalue weighted by Crippen LogP contribution is 2.21. The molecule has 0 aliphatic carbocycles. The minimum atomic E-state index is -1.34. The van der Waals surface area contributed by atoms with Crippen LogP contribution in [0.1, 0.15) is 39.3 Å². The van der Waals surface area contributed by atoms with E-state index in [1.54, 1.807) is 18.2 Å². The maximum Gasteiger partial charge on any atom is 0.339 e. The van der Waals surface area contributed by atoms with Crippen LogP contribution in [0.4, 0.5) is 23.4 Å². The van der Waals surface area contributed by atoms with E-state index in [-0.39, 0.29) is 35.6 Å².